The summed E-state index contributed by atoms with van der Waals surface area (Å²) < 4.78 is 36.7. The minimum Gasteiger partial charge on any atom is -0.477 e. The van der Waals surface area contributed by atoms with Crippen molar-refractivity contribution < 1.29 is 23.4 Å². The van der Waals surface area contributed by atoms with Gasteiger partial charge < -0.3 is 25.0 Å². The molecule has 1 aromatic heterocycles. The maximum atomic E-state index is 15.5. The Kier molecular flexibility index (Phi) is 4.15. The number of carboxylic acids is 1. The number of rotatable bonds is 3. The molecule has 2 fully saturated rings. The molecule has 144 valence electrons. The first-order valence-electron chi connectivity index (χ1n) is 8.68. The zero-order chi connectivity index (χ0) is 19.5. The van der Waals surface area contributed by atoms with Gasteiger partial charge in [0.15, 0.2) is 5.82 Å². The van der Waals surface area contributed by atoms with E-state index in [4.69, 9.17) is 10.5 Å². The van der Waals surface area contributed by atoms with Crippen LogP contribution in [0.4, 0.5) is 14.5 Å². The summed E-state index contributed by atoms with van der Waals surface area (Å²) in [5.41, 5.74) is 4.19. The van der Waals surface area contributed by atoms with Crippen LogP contribution in [0.3, 0.4) is 0 Å². The average molecular weight is 379 g/mol. The molecule has 2 aliphatic rings. The molecule has 0 bridgehead atoms. The average Bonchev–Trinajstić information content (AvgIpc) is 2.86. The summed E-state index contributed by atoms with van der Waals surface area (Å²) in [6.07, 6.45) is 1.11. The van der Waals surface area contributed by atoms with E-state index in [1.54, 1.807) is 0 Å². The third kappa shape index (κ3) is 2.69. The van der Waals surface area contributed by atoms with Crippen LogP contribution in [0.1, 0.15) is 23.3 Å². The van der Waals surface area contributed by atoms with Crippen molar-refractivity contribution in [2.75, 3.05) is 31.2 Å². The lowest BCUT2D eigenvalue weighted by Gasteiger charge is -2.31. The normalized spacial score (nSPS) is 23.0. The number of hydrogen-bond acceptors (Lipinski definition) is 5. The van der Waals surface area contributed by atoms with E-state index in [-0.39, 0.29) is 47.8 Å². The SMILES string of the molecule is C[C@H]1CN(c2c(F)cc3c(=O)c(C(=O)O)cn(C4COC4)c3c2F)C[C@@H]1N. The first-order chi connectivity index (χ1) is 12.8. The highest BCUT2D eigenvalue weighted by Gasteiger charge is 2.33. The van der Waals surface area contributed by atoms with Gasteiger partial charge in [-0.2, -0.15) is 0 Å². The third-order valence-electron chi connectivity index (χ3n) is 5.41. The molecule has 9 heteroatoms. The highest BCUT2D eigenvalue weighted by Crippen LogP contribution is 2.34. The van der Waals surface area contributed by atoms with Crippen LogP contribution in [0.25, 0.3) is 10.9 Å². The first kappa shape index (κ1) is 17.9. The van der Waals surface area contributed by atoms with E-state index in [1.807, 2.05) is 6.92 Å². The molecular formula is C18H19F2N3O4. The Hall–Kier alpha value is -2.52. The van der Waals surface area contributed by atoms with Crippen LogP contribution in [0.2, 0.25) is 0 Å². The van der Waals surface area contributed by atoms with Crippen molar-refractivity contribution in [1.82, 2.24) is 4.57 Å². The van der Waals surface area contributed by atoms with Gasteiger partial charge in [0.25, 0.3) is 0 Å². The summed E-state index contributed by atoms with van der Waals surface area (Å²) in [6.45, 7) is 3.11. The minimum absolute atomic E-state index is 0.0658. The number of aromatic nitrogens is 1. The third-order valence-corrected chi connectivity index (χ3v) is 5.41. The van der Waals surface area contributed by atoms with Gasteiger partial charge in [0.2, 0.25) is 5.43 Å². The monoisotopic (exact) mass is 379 g/mol. The lowest BCUT2D eigenvalue weighted by Crippen LogP contribution is -2.34. The number of nitrogens with zero attached hydrogens (tertiary/aromatic N) is 2. The van der Waals surface area contributed by atoms with E-state index in [1.165, 1.54) is 9.47 Å². The van der Waals surface area contributed by atoms with E-state index < -0.39 is 28.6 Å². The summed E-state index contributed by atoms with van der Waals surface area (Å²) in [5, 5.41) is 9.00. The van der Waals surface area contributed by atoms with Crippen LogP contribution >= 0.6 is 0 Å². The predicted molar refractivity (Wildman–Crippen MR) is 94.3 cm³/mol. The summed E-state index contributed by atoms with van der Waals surface area (Å²) >= 11 is 0. The fourth-order valence-corrected chi connectivity index (χ4v) is 3.72. The van der Waals surface area contributed by atoms with E-state index in [2.05, 4.69) is 0 Å². The number of benzene rings is 1. The van der Waals surface area contributed by atoms with Crippen LogP contribution in [0, 0.1) is 17.6 Å². The highest BCUT2D eigenvalue weighted by atomic mass is 19.1. The molecule has 1 aromatic carbocycles. The van der Waals surface area contributed by atoms with Crippen LogP contribution < -0.4 is 16.1 Å². The fraction of sp³-hybridized carbons (Fsp3) is 0.444. The molecule has 4 rings (SSSR count). The lowest BCUT2D eigenvalue weighted by molar-refractivity contribution is -0.0219. The molecule has 2 aromatic rings. The Morgan fingerprint density at radius 1 is 1.33 bits per heavy atom. The maximum Gasteiger partial charge on any atom is 0.341 e. The first-order valence-corrected chi connectivity index (χ1v) is 8.68. The van der Waals surface area contributed by atoms with E-state index in [9.17, 15) is 19.1 Å². The number of nitrogens with two attached hydrogens (primary N) is 1. The van der Waals surface area contributed by atoms with Crippen molar-refractivity contribution in [3.63, 3.8) is 0 Å². The number of pyridine rings is 1. The summed E-state index contributed by atoms with van der Waals surface area (Å²) in [6, 6.07) is 0.391. The molecule has 0 spiro atoms. The van der Waals surface area contributed by atoms with Crippen molar-refractivity contribution in [2.45, 2.75) is 19.0 Å². The number of carboxylic acid groups (broad SMARTS) is 1. The van der Waals surface area contributed by atoms with Crippen molar-refractivity contribution in [2.24, 2.45) is 11.7 Å². The molecule has 27 heavy (non-hydrogen) atoms. The number of carbonyl (C=O) groups is 1. The maximum absolute atomic E-state index is 15.5. The smallest absolute Gasteiger partial charge is 0.341 e. The summed E-state index contributed by atoms with van der Waals surface area (Å²) in [7, 11) is 0. The number of halogens is 2. The number of anilines is 1. The number of hydrogen-bond donors (Lipinski definition) is 2. The Balaban J connectivity index is 2.00. The Labute approximate surface area is 152 Å². The molecule has 0 amide bonds. The van der Waals surface area contributed by atoms with Crippen molar-refractivity contribution in [1.29, 1.82) is 0 Å². The molecule has 0 radical (unpaired) electrons. The van der Waals surface area contributed by atoms with Crippen molar-refractivity contribution in [3.8, 4) is 0 Å². The van der Waals surface area contributed by atoms with Gasteiger partial charge in [0.05, 0.1) is 30.2 Å². The van der Waals surface area contributed by atoms with Gasteiger partial charge in [-0.05, 0) is 12.0 Å². The van der Waals surface area contributed by atoms with Gasteiger partial charge in [0.1, 0.15) is 17.1 Å². The number of ether oxygens (including phenoxy) is 1. The summed E-state index contributed by atoms with van der Waals surface area (Å²) in [5.74, 6) is -3.17. The van der Waals surface area contributed by atoms with E-state index in [0.717, 1.165) is 12.3 Å². The van der Waals surface area contributed by atoms with Crippen LogP contribution in [0.5, 0.6) is 0 Å². The van der Waals surface area contributed by atoms with Crippen LogP contribution in [0.15, 0.2) is 17.1 Å². The molecule has 3 N–H and O–H groups in total. The van der Waals surface area contributed by atoms with Gasteiger partial charge in [-0.15, -0.1) is 0 Å². The van der Waals surface area contributed by atoms with Gasteiger partial charge >= 0.3 is 5.97 Å². The van der Waals surface area contributed by atoms with Gasteiger partial charge in [0, 0.05) is 25.3 Å². The number of fused-ring (bicyclic) bond motifs is 1. The molecule has 3 heterocycles. The van der Waals surface area contributed by atoms with Gasteiger partial charge in [-0.3, -0.25) is 4.79 Å². The Morgan fingerprint density at radius 3 is 2.56 bits per heavy atom. The van der Waals surface area contributed by atoms with Gasteiger partial charge in [-0.25, -0.2) is 13.6 Å². The quantitative estimate of drug-likeness (QED) is 0.835. The molecule has 2 atom stereocenters. The second-order valence-electron chi connectivity index (χ2n) is 7.24. The van der Waals surface area contributed by atoms with Gasteiger partial charge in [-0.1, -0.05) is 6.92 Å². The predicted octanol–water partition coefficient (Wildman–Crippen LogP) is 1.33. The lowest BCUT2D eigenvalue weighted by atomic mass is 10.1. The van der Waals surface area contributed by atoms with Crippen LogP contribution in [-0.4, -0.2) is 48.0 Å². The Bertz CT molecular complexity index is 992. The molecule has 7 nitrogen and oxygen atoms in total. The topological polar surface area (TPSA) is 97.8 Å². The highest BCUT2D eigenvalue weighted by molar-refractivity contribution is 5.94. The molecule has 0 aliphatic carbocycles. The van der Waals surface area contributed by atoms with Crippen molar-refractivity contribution >= 4 is 22.6 Å². The Morgan fingerprint density at radius 2 is 2.04 bits per heavy atom. The zero-order valence-corrected chi connectivity index (χ0v) is 14.6. The molecule has 0 unspecified atom stereocenters. The standard InChI is InChI=1S/C18H19F2N3O4/c1-8-3-22(5-13(8)21)16-12(19)2-10-15(14(16)20)23(9-6-27-7-9)4-11(17(10)24)18(25)26/h2,4,8-9,13H,3,5-7,21H2,1H3,(H,25,26)/t8-,13-/m0/s1. The van der Waals surface area contributed by atoms with E-state index >= 15 is 4.39 Å². The fourth-order valence-electron chi connectivity index (χ4n) is 3.72. The second-order valence-corrected chi connectivity index (χ2v) is 7.24. The second kappa shape index (κ2) is 6.28. The molecule has 2 aliphatic heterocycles. The molecular weight excluding hydrogens is 360 g/mol. The number of aromatic carboxylic acids is 1. The van der Waals surface area contributed by atoms with E-state index in [0.29, 0.717) is 13.1 Å². The minimum atomic E-state index is -1.44. The molecule has 0 saturated carbocycles. The molecule has 2 saturated heterocycles. The summed E-state index contributed by atoms with van der Waals surface area (Å²) in [4.78, 5) is 25.4. The zero-order valence-electron chi connectivity index (χ0n) is 14.6. The van der Waals surface area contributed by atoms with Crippen molar-refractivity contribution in [3.05, 3.63) is 39.7 Å². The van der Waals surface area contributed by atoms with Crippen LogP contribution in [-0.2, 0) is 4.74 Å². The largest absolute Gasteiger partial charge is 0.477 e.